The Hall–Kier alpha value is -3.83. The molecule has 5 nitrogen and oxygen atoms in total. The number of amides is 1. The summed E-state index contributed by atoms with van der Waals surface area (Å²) in [6.45, 7) is 0.386. The first-order valence-corrected chi connectivity index (χ1v) is 10.4. The van der Waals surface area contributed by atoms with Crippen molar-refractivity contribution < 1.29 is 14.3 Å². The second-order valence-corrected chi connectivity index (χ2v) is 7.46. The zero-order valence-corrected chi connectivity index (χ0v) is 18.2. The molecule has 0 heterocycles. The van der Waals surface area contributed by atoms with Crippen molar-refractivity contribution in [3.8, 4) is 11.5 Å². The lowest BCUT2D eigenvalue weighted by Crippen LogP contribution is -2.18. The van der Waals surface area contributed by atoms with E-state index in [1.807, 2.05) is 78.9 Å². The number of hydrazone groups is 1. The van der Waals surface area contributed by atoms with Crippen LogP contribution in [0.15, 0.2) is 90.0 Å². The quantitative estimate of drug-likeness (QED) is 0.287. The van der Waals surface area contributed by atoms with Crippen LogP contribution in [0.2, 0.25) is 5.02 Å². The predicted octanol–water partition coefficient (Wildman–Crippen LogP) is 5.84. The third-order valence-electron chi connectivity index (χ3n) is 4.92. The number of hydrogen-bond donors (Lipinski definition) is 1. The normalized spacial score (nSPS) is 10.9. The number of methoxy groups -OCH3 is 1. The largest absolute Gasteiger partial charge is 0.496 e. The van der Waals surface area contributed by atoms with Crippen molar-refractivity contribution in [2.45, 2.75) is 6.61 Å². The monoisotopic (exact) mass is 444 g/mol. The van der Waals surface area contributed by atoms with Gasteiger partial charge in [-0.2, -0.15) is 5.10 Å². The number of ether oxygens (including phenoxy) is 2. The third kappa shape index (κ3) is 5.07. The molecule has 0 aromatic heterocycles. The van der Waals surface area contributed by atoms with Gasteiger partial charge in [-0.3, -0.25) is 4.79 Å². The van der Waals surface area contributed by atoms with E-state index in [1.54, 1.807) is 19.4 Å². The number of carbonyl (C=O) groups excluding carboxylic acids is 1. The van der Waals surface area contributed by atoms with Gasteiger partial charge in [-0.1, -0.05) is 54.1 Å². The zero-order valence-electron chi connectivity index (χ0n) is 17.4. The molecule has 1 amide bonds. The van der Waals surface area contributed by atoms with Gasteiger partial charge < -0.3 is 9.47 Å². The van der Waals surface area contributed by atoms with Gasteiger partial charge in [0.2, 0.25) is 0 Å². The maximum Gasteiger partial charge on any atom is 0.275 e. The Morgan fingerprint density at radius 1 is 0.969 bits per heavy atom. The Kier molecular flexibility index (Phi) is 6.68. The summed E-state index contributed by atoms with van der Waals surface area (Å²) in [5, 5.41) is 6.70. The van der Waals surface area contributed by atoms with Crippen LogP contribution in [-0.4, -0.2) is 19.2 Å². The molecule has 32 heavy (non-hydrogen) atoms. The van der Waals surface area contributed by atoms with Crippen LogP contribution in [0.4, 0.5) is 0 Å². The highest BCUT2D eigenvalue weighted by molar-refractivity contribution is 6.31. The first-order valence-electron chi connectivity index (χ1n) is 10.0. The van der Waals surface area contributed by atoms with Crippen molar-refractivity contribution in [1.29, 1.82) is 0 Å². The van der Waals surface area contributed by atoms with Gasteiger partial charge in [0.15, 0.2) is 0 Å². The highest BCUT2D eigenvalue weighted by atomic mass is 35.5. The number of halogens is 1. The Labute approximate surface area is 191 Å². The van der Waals surface area contributed by atoms with Gasteiger partial charge in [0.05, 0.1) is 18.9 Å². The first-order chi connectivity index (χ1) is 15.6. The number of rotatable bonds is 7. The van der Waals surface area contributed by atoms with Gasteiger partial charge in [0, 0.05) is 10.6 Å². The van der Waals surface area contributed by atoms with Crippen LogP contribution < -0.4 is 14.9 Å². The lowest BCUT2D eigenvalue weighted by Gasteiger charge is -2.09. The molecule has 0 aliphatic heterocycles. The first kappa shape index (κ1) is 21.4. The molecule has 1 N–H and O–H groups in total. The van der Waals surface area contributed by atoms with Crippen LogP contribution in [0.25, 0.3) is 10.8 Å². The summed E-state index contributed by atoms with van der Waals surface area (Å²) in [6.07, 6.45) is 1.57. The Balaban J connectivity index is 1.38. The molecule has 0 radical (unpaired) electrons. The summed E-state index contributed by atoms with van der Waals surface area (Å²) < 4.78 is 11.2. The summed E-state index contributed by atoms with van der Waals surface area (Å²) >= 11 is 6.15. The molecule has 0 fully saturated rings. The molecule has 0 spiro atoms. The Bertz CT molecular complexity index is 1270. The number of hydrogen-bond acceptors (Lipinski definition) is 4. The molecule has 0 unspecified atom stereocenters. The van der Waals surface area contributed by atoms with E-state index in [9.17, 15) is 4.79 Å². The van der Waals surface area contributed by atoms with Crippen LogP contribution >= 0.6 is 11.6 Å². The lowest BCUT2D eigenvalue weighted by molar-refractivity contribution is 0.0952. The minimum absolute atomic E-state index is 0.344. The number of benzene rings is 4. The molecule has 4 aromatic rings. The van der Waals surface area contributed by atoms with Crippen molar-refractivity contribution >= 4 is 34.5 Å². The van der Waals surface area contributed by atoms with Crippen LogP contribution in [0, 0.1) is 0 Å². The predicted molar refractivity (Wildman–Crippen MR) is 128 cm³/mol. The molecule has 6 heteroatoms. The summed E-state index contributed by atoms with van der Waals surface area (Å²) in [7, 11) is 1.54. The highest BCUT2D eigenvalue weighted by Crippen LogP contribution is 2.26. The molecule has 0 aliphatic carbocycles. The molecule has 4 rings (SSSR count). The summed E-state index contributed by atoms with van der Waals surface area (Å²) in [6, 6.07) is 26.4. The number of nitrogens with one attached hydrogen (secondary N) is 1. The Morgan fingerprint density at radius 2 is 1.66 bits per heavy atom. The molecule has 0 aliphatic rings. The molecule has 0 saturated heterocycles. The average Bonchev–Trinajstić information content (AvgIpc) is 2.83. The van der Waals surface area contributed by atoms with Gasteiger partial charge in [-0.25, -0.2) is 5.43 Å². The van der Waals surface area contributed by atoms with Gasteiger partial charge in [0.25, 0.3) is 5.91 Å². The average molecular weight is 445 g/mol. The molecule has 0 bridgehead atoms. The second kappa shape index (κ2) is 9.98. The number of carbonyl (C=O) groups is 1. The minimum Gasteiger partial charge on any atom is -0.496 e. The fourth-order valence-corrected chi connectivity index (χ4v) is 3.41. The summed E-state index contributed by atoms with van der Waals surface area (Å²) in [4.78, 5) is 12.6. The van der Waals surface area contributed by atoms with Crippen LogP contribution in [0.1, 0.15) is 21.5 Å². The van der Waals surface area contributed by atoms with E-state index in [1.165, 1.54) is 0 Å². The molecule has 0 atom stereocenters. The van der Waals surface area contributed by atoms with E-state index in [2.05, 4.69) is 10.5 Å². The van der Waals surface area contributed by atoms with Crippen LogP contribution in [0.5, 0.6) is 11.5 Å². The van der Waals surface area contributed by atoms with E-state index >= 15 is 0 Å². The second-order valence-electron chi connectivity index (χ2n) is 7.05. The molecule has 4 aromatic carbocycles. The number of fused-ring (bicyclic) bond motifs is 1. The van der Waals surface area contributed by atoms with E-state index < -0.39 is 0 Å². The standard InChI is InChI=1S/C26H21ClN2O3/c1-31-25-15-20-7-3-2-6-19(20)14-23(25)26(30)29-28-16-18-10-12-22(13-11-18)32-17-21-8-4-5-9-24(21)27/h2-16H,17H2,1H3,(H,29,30). The zero-order chi connectivity index (χ0) is 22.3. The van der Waals surface area contributed by atoms with Crippen LogP contribution in [0.3, 0.4) is 0 Å². The van der Waals surface area contributed by atoms with Gasteiger partial charge in [0.1, 0.15) is 18.1 Å². The Morgan fingerprint density at radius 3 is 2.38 bits per heavy atom. The summed E-state index contributed by atoms with van der Waals surface area (Å²) in [5.74, 6) is 0.868. The van der Waals surface area contributed by atoms with Gasteiger partial charge in [-0.05, 0) is 58.8 Å². The summed E-state index contributed by atoms with van der Waals surface area (Å²) in [5.41, 5.74) is 4.72. The van der Waals surface area contributed by atoms with Crippen molar-refractivity contribution in [3.63, 3.8) is 0 Å². The van der Waals surface area contributed by atoms with Crippen LogP contribution in [-0.2, 0) is 6.61 Å². The highest BCUT2D eigenvalue weighted by Gasteiger charge is 2.13. The maximum atomic E-state index is 12.6. The lowest BCUT2D eigenvalue weighted by atomic mass is 10.1. The van der Waals surface area contributed by atoms with E-state index in [0.717, 1.165) is 21.9 Å². The van der Waals surface area contributed by atoms with Crippen molar-refractivity contribution in [2.75, 3.05) is 7.11 Å². The van der Waals surface area contributed by atoms with Crippen molar-refractivity contribution in [1.82, 2.24) is 5.43 Å². The molecule has 160 valence electrons. The minimum atomic E-state index is -0.344. The SMILES string of the molecule is COc1cc2ccccc2cc1C(=O)NN=Cc1ccc(OCc2ccccc2Cl)cc1. The molecule has 0 saturated carbocycles. The molecular formula is C26H21ClN2O3. The topological polar surface area (TPSA) is 59.9 Å². The number of nitrogens with zero attached hydrogens (tertiary/aromatic N) is 1. The van der Waals surface area contributed by atoms with Crippen molar-refractivity contribution in [2.24, 2.45) is 5.10 Å². The van der Waals surface area contributed by atoms with E-state index in [4.69, 9.17) is 21.1 Å². The maximum absolute atomic E-state index is 12.6. The van der Waals surface area contributed by atoms with Gasteiger partial charge in [-0.15, -0.1) is 0 Å². The molecular weight excluding hydrogens is 424 g/mol. The third-order valence-corrected chi connectivity index (χ3v) is 5.29. The van der Waals surface area contributed by atoms with E-state index in [0.29, 0.717) is 28.7 Å². The van der Waals surface area contributed by atoms with Gasteiger partial charge >= 0.3 is 0 Å². The van der Waals surface area contributed by atoms with Crippen molar-refractivity contribution in [3.05, 3.63) is 107 Å². The smallest absolute Gasteiger partial charge is 0.275 e. The fourth-order valence-electron chi connectivity index (χ4n) is 3.22. The van der Waals surface area contributed by atoms with E-state index in [-0.39, 0.29) is 5.91 Å². The fraction of sp³-hybridized carbons (Fsp3) is 0.0769.